The van der Waals surface area contributed by atoms with Crippen LogP contribution in [0.15, 0.2) is 72.8 Å². The summed E-state index contributed by atoms with van der Waals surface area (Å²) in [4.78, 5) is 27.8. The number of fused-ring (bicyclic) bond motifs is 2. The monoisotopic (exact) mass is 901 g/mol. The van der Waals surface area contributed by atoms with Crippen LogP contribution in [0, 0.1) is 22.7 Å². The molecule has 2 aliphatic carbocycles. The fourth-order valence-electron chi connectivity index (χ4n) is 10.6. The zero-order valence-corrected chi connectivity index (χ0v) is 41.1. The topological polar surface area (TPSA) is 88.5 Å². The van der Waals surface area contributed by atoms with E-state index >= 15 is 0 Å². The predicted molar refractivity (Wildman–Crippen MR) is 267 cm³/mol. The minimum atomic E-state index is -0.702. The van der Waals surface area contributed by atoms with Gasteiger partial charge in [0, 0.05) is 13.1 Å². The first kappa shape index (κ1) is 50.6. The highest BCUT2D eigenvalue weighted by molar-refractivity contribution is 7.59. The molecule has 4 fully saturated rings. The summed E-state index contributed by atoms with van der Waals surface area (Å²) in [7, 11) is 1.48. The van der Waals surface area contributed by atoms with E-state index in [-0.39, 0.29) is 45.0 Å². The third kappa shape index (κ3) is 13.3. The molecule has 1 N–H and O–H groups in total. The lowest BCUT2D eigenvalue weighted by Gasteiger charge is -2.37. The van der Waals surface area contributed by atoms with Gasteiger partial charge in [-0.1, -0.05) is 77.9 Å². The van der Waals surface area contributed by atoms with Crippen LogP contribution in [0.2, 0.25) is 0 Å². The Morgan fingerprint density at radius 1 is 0.556 bits per heavy atom. The maximum atomic E-state index is 12.0. The molecular formula is C53H76N2O6S2. The van der Waals surface area contributed by atoms with Gasteiger partial charge in [0.25, 0.3) is 0 Å². The molecule has 0 aromatic heterocycles. The number of hydrogen-bond acceptors (Lipinski definition) is 7. The second-order valence-electron chi connectivity index (χ2n) is 20.7. The van der Waals surface area contributed by atoms with Crippen LogP contribution in [0.3, 0.4) is 0 Å². The van der Waals surface area contributed by atoms with Gasteiger partial charge in [-0.25, -0.2) is 0 Å². The molecule has 10 heteroatoms. The number of carboxylic acids is 1. The van der Waals surface area contributed by atoms with E-state index in [0.717, 1.165) is 94.3 Å². The number of nitrogens with zero attached hydrogens (tertiary/aromatic N) is 2. The van der Waals surface area contributed by atoms with Gasteiger partial charge in [-0.3, -0.25) is 19.4 Å². The standard InChI is InChI=1S/C27H37NO3.C26H35NO3.2H2S/c1-27(2,3)22-10-13-23(14-11-22)31-24-12-9-20-16-19(7-8-21(20)17-24)18-28-15-5-6-25(28)26(29)30-4;1-26(2,3)21-9-12-22(13-10-21)30-23-11-8-19-15-18(6-7-20(19)16-23)17-27-14-4-5-24(27)25(28)29;;/h7-9,12,16-17,22-23,25H,5-6,10-11,13-15,18H2,1-4H3;6-8,11,15-16,21-22,24H,4-5,9-10,12-14,17H2,1-3H3,(H,28,29);2*1H2/t;21?,22?,24-;;/m.0../s1. The van der Waals surface area contributed by atoms with Crippen LogP contribution >= 0.6 is 27.0 Å². The van der Waals surface area contributed by atoms with Crippen molar-refractivity contribution in [2.45, 2.75) is 156 Å². The highest BCUT2D eigenvalue weighted by atomic mass is 32.1. The SMILES string of the molecule is CC(C)(C)C1CCC(Oc2ccc3cc(CN4CCC[C@H]4C(=O)O)ccc3c2)CC1.COC(=O)C1CCCN1Cc1ccc2cc(OC3CCC(C(C)(C)C)CC3)ccc2c1.S.S. The zero-order valence-electron chi connectivity index (χ0n) is 39.1. The number of aliphatic carboxylic acids is 1. The van der Waals surface area contributed by atoms with E-state index in [9.17, 15) is 14.7 Å². The molecule has 4 aliphatic rings. The van der Waals surface area contributed by atoms with Crippen molar-refractivity contribution in [3.8, 4) is 11.5 Å². The van der Waals surface area contributed by atoms with E-state index in [1.54, 1.807) is 0 Å². The summed E-state index contributed by atoms with van der Waals surface area (Å²) in [6.45, 7) is 17.4. The first-order valence-corrected chi connectivity index (χ1v) is 23.3. The van der Waals surface area contributed by atoms with Crippen molar-refractivity contribution < 1.29 is 28.9 Å². The van der Waals surface area contributed by atoms with E-state index < -0.39 is 5.97 Å². The van der Waals surface area contributed by atoms with Crippen molar-refractivity contribution in [3.05, 3.63) is 83.9 Å². The van der Waals surface area contributed by atoms with Gasteiger partial charge < -0.3 is 19.3 Å². The largest absolute Gasteiger partial charge is 0.490 e. The summed E-state index contributed by atoms with van der Waals surface area (Å²) >= 11 is 0. The molecule has 2 saturated heterocycles. The van der Waals surface area contributed by atoms with Crippen molar-refractivity contribution >= 4 is 60.5 Å². The molecule has 0 bridgehead atoms. The van der Waals surface area contributed by atoms with Crippen LogP contribution in [-0.2, 0) is 27.4 Å². The second kappa shape index (κ2) is 22.2. The molecule has 4 aromatic rings. The number of esters is 1. The van der Waals surface area contributed by atoms with Gasteiger partial charge in [0.15, 0.2) is 0 Å². The van der Waals surface area contributed by atoms with Crippen LogP contribution in [0.25, 0.3) is 21.5 Å². The van der Waals surface area contributed by atoms with Gasteiger partial charge in [-0.2, -0.15) is 27.0 Å². The predicted octanol–water partition coefficient (Wildman–Crippen LogP) is 12.1. The number of hydrogen-bond donors (Lipinski definition) is 1. The third-order valence-corrected chi connectivity index (χ3v) is 14.4. The highest BCUT2D eigenvalue weighted by Gasteiger charge is 2.34. The van der Waals surface area contributed by atoms with Gasteiger partial charge >= 0.3 is 11.9 Å². The normalized spacial score (nSPS) is 24.4. The summed E-state index contributed by atoms with van der Waals surface area (Å²) in [5.41, 5.74) is 3.20. The van der Waals surface area contributed by atoms with Crippen LogP contribution in [-0.4, -0.2) is 71.3 Å². The first-order chi connectivity index (χ1) is 29.1. The maximum Gasteiger partial charge on any atom is 0.323 e. The number of methoxy groups -OCH3 is 1. The molecular weight excluding hydrogens is 825 g/mol. The maximum absolute atomic E-state index is 12.0. The highest BCUT2D eigenvalue weighted by Crippen LogP contribution is 2.40. The van der Waals surface area contributed by atoms with Crippen molar-refractivity contribution in [3.63, 3.8) is 0 Å². The van der Waals surface area contributed by atoms with E-state index in [1.165, 1.54) is 65.5 Å². The number of carbonyl (C=O) groups excluding carboxylic acids is 1. The van der Waals surface area contributed by atoms with Crippen LogP contribution < -0.4 is 9.47 Å². The molecule has 346 valence electrons. The van der Waals surface area contributed by atoms with E-state index in [1.807, 2.05) is 0 Å². The Balaban J connectivity index is 0.000000230. The molecule has 2 saturated carbocycles. The van der Waals surface area contributed by atoms with Crippen LogP contribution in [0.5, 0.6) is 11.5 Å². The molecule has 63 heavy (non-hydrogen) atoms. The van der Waals surface area contributed by atoms with Gasteiger partial charge in [0.05, 0.1) is 19.3 Å². The Bertz CT molecular complexity index is 2110. The molecule has 8 rings (SSSR count). The van der Waals surface area contributed by atoms with Crippen molar-refractivity contribution in [1.82, 2.24) is 9.80 Å². The summed E-state index contributed by atoms with van der Waals surface area (Å²) in [6, 6.07) is 25.4. The molecule has 0 spiro atoms. The van der Waals surface area contributed by atoms with Crippen molar-refractivity contribution in [2.75, 3.05) is 20.2 Å². The molecule has 4 aromatic carbocycles. The van der Waals surface area contributed by atoms with Crippen molar-refractivity contribution in [2.24, 2.45) is 22.7 Å². The molecule has 0 radical (unpaired) electrons. The average molecular weight is 901 g/mol. The van der Waals surface area contributed by atoms with E-state index in [2.05, 4.69) is 124 Å². The lowest BCUT2D eigenvalue weighted by atomic mass is 9.72. The Hall–Kier alpha value is -3.44. The minimum absolute atomic E-state index is 0. The Morgan fingerprint density at radius 3 is 1.33 bits per heavy atom. The fraction of sp³-hybridized carbons (Fsp3) is 0.585. The number of carboxylic acid groups (broad SMARTS) is 1. The number of benzene rings is 4. The van der Waals surface area contributed by atoms with Crippen LogP contribution in [0.1, 0.15) is 130 Å². The van der Waals surface area contributed by atoms with Gasteiger partial charge in [-0.15, -0.1) is 0 Å². The van der Waals surface area contributed by atoms with Gasteiger partial charge in [0.1, 0.15) is 23.6 Å². The third-order valence-electron chi connectivity index (χ3n) is 14.4. The second-order valence-corrected chi connectivity index (χ2v) is 20.7. The summed E-state index contributed by atoms with van der Waals surface area (Å²) < 4.78 is 17.7. The molecule has 1 unspecified atom stereocenters. The summed E-state index contributed by atoms with van der Waals surface area (Å²) in [5, 5.41) is 14.2. The van der Waals surface area contributed by atoms with Crippen LogP contribution in [0.4, 0.5) is 0 Å². The molecule has 2 aliphatic heterocycles. The Kier molecular flexibility index (Phi) is 17.8. The van der Waals surface area contributed by atoms with Gasteiger partial charge in [-0.05, 0) is 182 Å². The zero-order chi connectivity index (χ0) is 43.3. The minimum Gasteiger partial charge on any atom is -0.490 e. The Labute approximate surface area is 391 Å². The fourth-order valence-corrected chi connectivity index (χ4v) is 10.6. The van der Waals surface area contributed by atoms with Gasteiger partial charge in [0.2, 0.25) is 0 Å². The smallest absolute Gasteiger partial charge is 0.323 e. The number of ether oxygens (including phenoxy) is 3. The lowest BCUT2D eigenvalue weighted by molar-refractivity contribution is -0.146. The first-order valence-electron chi connectivity index (χ1n) is 23.3. The van der Waals surface area contributed by atoms with E-state index in [0.29, 0.717) is 29.6 Å². The summed E-state index contributed by atoms with van der Waals surface area (Å²) in [6.07, 6.45) is 13.9. The average Bonchev–Trinajstić information content (AvgIpc) is 3.90. The lowest BCUT2D eigenvalue weighted by Crippen LogP contribution is -2.36. The number of likely N-dealkylation sites (tertiary alicyclic amines) is 2. The summed E-state index contributed by atoms with van der Waals surface area (Å²) in [5.74, 6) is 2.72. The molecule has 2 heterocycles. The molecule has 8 nitrogen and oxygen atoms in total. The number of carbonyl (C=O) groups is 2. The van der Waals surface area contributed by atoms with Crippen molar-refractivity contribution in [1.29, 1.82) is 0 Å². The molecule has 2 atom stereocenters. The van der Waals surface area contributed by atoms with E-state index in [4.69, 9.17) is 14.2 Å². The Morgan fingerprint density at radius 2 is 0.937 bits per heavy atom. The quantitative estimate of drug-likeness (QED) is 0.158. The molecule has 0 amide bonds. The number of rotatable bonds is 10.